The normalized spacial score (nSPS) is 22.4. The van der Waals surface area contributed by atoms with Gasteiger partial charge in [-0.1, -0.05) is 18.6 Å². The van der Waals surface area contributed by atoms with Gasteiger partial charge in [0.25, 0.3) is 0 Å². The minimum absolute atomic E-state index is 0.0671. The maximum Gasteiger partial charge on any atom is 0.223 e. The summed E-state index contributed by atoms with van der Waals surface area (Å²) in [5.74, 6) is 0.263. The summed E-state index contributed by atoms with van der Waals surface area (Å²) >= 11 is 0. The Kier molecular flexibility index (Phi) is 4.91. The molecular weight excluding hydrogens is 243 g/mol. The molecule has 3 nitrogen and oxygen atoms in total. The second-order valence-electron chi connectivity index (χ2n) is 5.20. The van der Waals surface area contributed by atoms with Crippen LogP contribution >= 0.6 is 0 Å². The molecule has 1 aliphatic carbocycles. The fourth-order valence-corrected chi connectivity index (χ4v) is 2.82. The van der Waals surface area contributed by atoms with Gasteiger partial charge in [0.1, 0.15) is 5.82 Å². The summed E-state index contributed by atoms with van der Waals surface area (Å²) < 4.78 is 13.0. The van der Waals surface area contributed by atoms with E-state index in [9.17, 15) is 9.18 Å². The van der Waals surface area contributed by atoms with Crippen molar-refractivity contribution in [2.24, 2.45) is 17.6 Å². The fourth-order valence-electron chi connectivity index (χ4n) is 2.82. The quantitative estimate of drug-likeness (QED) is 0.853. The summed E-state index contributed by atoms with van der Waals surface area (Å²) in [7, 11) is 0. The van der Waals surface area contributed by atoms with Crippen LogP contribution in [0.25, 0.3) is 0 Å². The van der Waals surface area contributed by atoms with E-state index >= 15 is 0 Å². The Morgan fingerprint density at radius 2 is 2.26 bits per heavy atom. The molecule has 0 radical (unpaired) electrons. The molecule has 2 atom stereocenters. The molecule has 3 N–H and O–H groups in total. The van der Waals surface area contributed by atoms with Crippen LogP contribution < -0.4 is 11.1 Å². The number of hydrogen-bond acceptors (Lipinski definition) is 2. The zero-order valence-corrected chi connectivity index (χ0v) is 11.1. The molecule has 0 aliphatic heterocycles. The highest BCUT2D eigenvalue weighted by molar-refractivity contribution is 5.79. The van der Waals surface area contributed by atoms with Crippen LogP contribution in [0.2, 0.25) is 0 Å². The van der Waals surface area contributed by atoms with Crippen molar-refractivity contribution in [1.29, 1.82) is 0 Å². The van der Waals surface area contributed by atoms with Crippen LogP contribution in [0.15, 0.2) is 24.3 Å². The number of halogens is 1. The molecule has 2 rings (SSSR count). The molecule has 1 aliphatic rings. The van der Waals surface area contributed by atoms with Gasteiger partial charge in [-0.25, -0.2) is 4.39 Å². The Bertz CT molecular complexity index is 436. The van der Waals surface area contributed by atoms with Gasteiger partial charge in [0.05, 0.1) is 0 Å². The Labute approximate surface area is 113 Å². The van der Waals surface area contributed by atoms with E-state index in [4.69, 9.17) is 5.73 Å². The van der Waals surface area contributed by atoms with Crippen LogP contribution in [0.1, 0.15) is 24.8 Å². The van der Waals surface area contributed by atoms with Crippen LogP contribution in [-0.2, 0) is 11.2 Å². The number of amides is 1. The van der Waals surface area contributed by atoms with Crippen molar-refractivity contribution in [3.63, 3.8) is 0 Å². The lowest BCUT2D eigenvalue weighted by atomic mass is 9.95. The molecular formula is C15H21FN2O. The van der Waals surface area contributed by atoms with E-state index in [1.165, 1.54) is 12.1 Å². The van der Waals surface area contributed by atoms with E-state index in [1.54, 1.807) is 6.07 Å². The Balaban J connectivity index is 1.78. The van der Waals surface area contributed by atoms with Gasteiger partial charge in [-0.15, -0.1) is 0 Å². The SMILES string of the molecule is NC[C@H]1CCC[C@H]1C(=O)NCCc1cccc(F)c1. The third-order valence-corrected chi connectivity index (χ3v) is 3.90. The number of carbonyl (C=O) groups is 1. The van der Waals surface area contributed by atoms with E-state index < -0.39 is 0 Å². The highest BCUT2D eigenvalue weighted by atomic mass is 19.1. The maximum absolute atomic E-state index is 13.0. The topological polar surface area (TPSA) is 55.1 Å². The van der Waals surface area contributed by atoms with Crippen LogP contribution in [0.3, 0.4) is 0 Å². The first-order valence-electron chi connectivity index (χ1n) is 6.93. The molecule has 0 unspecified atom stereocenters. The van der Waals surface area contributed by atoms with Gasteiger partial charge in [-0.3, -0.25) is 4.79 Å². The first kappa shape index (κ1) is 14.0. The summed E-state index contributed by atoms with van der Waals surface area (Å²) in [6.07, 6.45) is 3.74. The molecule has 1 saturated carbocycles. The zero-order valence-electron chi connectivity index (χ0n) is 11.1. The van der Waals surface area contributed by atoms with Crippen molar-refractivity contribution in [2.45, 2.75) is 25.7 Å². The predicted octanol–water partition coefficient (Wildman–Crippen LogP) is 1.86. The second kappa shape index (κ2) is 6.66. The van der Waals surface area contributed by atoms with Crippen LogP contribution in [-0.4, -0.2) is 19.0 Å². The molecule has 1 aromatic carbocycles. The lowest BCUT2D eigenvalue weighted by Crippen LogP contribution is -2.36. The highest BCUT2D eigenvalue weighted by Gasteiger charge is 2.31. The second-order valence-corrected chi connectivity index (χ2v) is 5.20. The van der Waals surface area contributed by atoms with E-state index in [2.05, 4.69) is 5.32 Å². The van der Waals surface area contributed by atoms with Crippen LogP contribution in [0.4, 0.5) is 4.39 Å². The summed E-state index contributed by atoms with van der Waals surface area (Å²) in [6, 6.07) is 6.48. The summed E-state index contributed by atoms with van der Waals surface area (Å²) in [5, 5.41) is 2.94. The van der Waals surface area contributed by atoms with Gasteiger partial charge >= 0.3 is 0 Å². The lowest BCUT2D eigenvalue weighted by Gasteiger charge is -2.17. The largest absolute Gasteiger partial charge is 0.356 e. The molecule has 0 bridgehead atoms. The van der Waals surface area contributed by atoms with Crippen molar-refractivity contribution >= 4 is 5.91 Å². The van der Waals surface area contributed by atoms with Crippen LogP contribution in [0, 0.1) is 17.7 Å². The summed E-state index contributed by atoms with van der Waals surface area (Å²) in [6.45, 7) is 1.14. The average molecular weight is 264 g/mol. The standard InChI is InChI=1S/C15H21FN2O/c16-13-5-1-3-11(9-13)7-8-18-15(19)14-6-2-4-12(14)10-17/h1,3,5,9,12,14H,2,4,6-8,10,17H2,(H,18,19)/t12-,14-/m1/s1. The van der Waals surface area contributed by atoms with Gasteiger partial charge in [-0.05, 0) is 49.4 Å². The van der Waals surface area contributed by atoms with Gasteiger partial charge in [0, 0.05) is 12.5 Å². The molecule has 1 aromatic rings. The molecule has 0 spiro atoms. The van der Waals surface area contributed by atoms with Gasteiger partial charge in [-0.2, -0.15) is 0 Å². The number of nitrogens with one attached hydrogen (secondary N) is 1. The smallest absolute Gasteiger partial charge is 0.223 e. The average Bonchev–Trinajstić information content (AvgIpc) is 2.87. The Morgan fingerprint density at radius 3 is 3.00 bits per heavy atom. The number of benzene rings is 1. The van der Waals surface area contributed by atoms with Crippen molar-refractivity contribution in [3.05, 3.63) is 35.6 Å². The van der Waals surface area contributed by atoms with Crippen LogP contribution in [0.5, 0.6) is 0 Å². The highest BCUT2D eigenvalue weighted by Crippen LogP contribution is 2.30. The minimum Gasteiger partial charge on any atom is -0.356 e. The van der Waals surface area contributed by atoms with Crippen molar-refractivity contribution in [2.75, 3.05) is 13.1 Å². The third kappa shape index (κ3) is 3.77. The first-order chi connectivity index (χ1) is 9.20. The number of hydrogen-bond donors (Lipinski definition) is 2. The van der Waals surface area contributed by atoms with Crippen molar-refractivity contribution in [1.82, 2.24) is 5.32 Å². The molecule has 104 valence electrons. The summed E-state index contributed by atoms with van der Waals surface area (Å²) in [4.78, 5) is 12.0. The molecule has 1 fully saturated rings. The molecule has 19 heavy (non-hydrogen) atoms. The predicted molar refractivity (Wildman–Crippen MR) is 73.0 cm³/mol. The molecule has 0 saturated heterocycles. The summed E-state index contributed by atoms with van der Waals surface area (Å²) in [5.41, 5.74) is 6.58. The lowest BCUT2D eigenvalue weighted by molar-refractivity contribution is -0.125. The Morgan fingerprint density at radius 1 is 1.42 bits per heavy atom. The van der Waals surface area contributed by atoms with Crippen molar-refractivity contribution in [3.8, 4) is 0 Å². The number of carbonyl (C=O) groups excluding carboxylic acids is 1. The zero-order chi connectivity index (χ0) is 13.7. The van der Waals surface area contributed by atoms with E-state index in [-0.39, 0.29) is 17.6 Å². The van der Waals surface area contributed by atoms with E-state index in [1.807, 2.05) is 6.07 Å². The number of rotatable bonds is 5. The fraction of sp³-hybridized carbons (Fsp3) is 0.533. The molecule has 0 aromatic heterocycles. The van der Waals surface area contributed by atoms with E-state index in [0.717, 1.165) is 24.8 Å². The molecule has 4 heteroatoms. The minimum atomic E-state index is -0.234. The van der Waals surface area contributed by atoms with E-state index in [0.29, 0.717) is 25.4 Å². The van der Waals surface area contributed by atoms with Gasteiger partial charge in [0.2, 0.25) is 5.91 Å². The monoisotopic (exact) mass is 264 g/mol. The van der Waals surface area contributed by atoms with Crippen molar-refractivity contribution < 1.29 is 9.18 Å². The maximum atomic E-state index is 13.0. The molecule has 1 amide bonds. The van der Waals surface area contributed by atoms with Gasteiger partial charge < -0.3 is 11.1 Å². The first-order valence-corrected chi connectivity index (χ1v) is 6.93. The number of nitrogens with two attached hydrogens (primary N) is 1. The molecule has 0 heterocycles. The Hall–Kier alpha value is -1.42. The van der Waals surface area contributed by atoms with Gasteiger partial charge in [0.15, 0.2) is 0 Å². The third-order valence-electron chi connectivity index (χ3n) is 3.90.